The normalized spacial score (nSPS) is 9.88. The average molecular weight is 224 g/mol. The Bertz CT molecular complexity index is 417. The number of hydrogen-bond donors (Lipinski definition) is 1. The molecule has 6 heteroatoms. The van der Waals surface area contributed by atoms with Gasteiger partial charge in [0.2, 0.25) is 0 Å². The monoisotopic (exact) mass is 224 g/mol. The number of nitro groups is 1. The molecule has 2 N–H and O–H groups in total. The lowest BCUT2D eigenvalue weighted by molar-refractivity contribution is -0.384. The van der Waals surface area contributed by atoms with E-state index in [0.29, 0.717) is 5.75 Å². The number of ether oxygens (including phenoxy) is 1. The maximum atomic E-state index is 11.6. The molecular weight excluding hydrogens is 212 g/mol. The van der Waals surface area contributed by atoms with Crippen molar-refractivity contribution >= 4 is 11.5 Å². The fourth-order valence-electron chi connectivity index (χ4n) is 1.29. The van der Waals surface area contributed by atoms with Crippen molar-refractivity contribution in [3.05, 3.63) is 33.9 Å². The number of methoxy groups -OCH3 is 1. The first kappa shape index (κ1) is 12.1. The molecule has 0 bridgehead atoms. The number of non-ortho nitro benzene ring substituents is 1. The van der Waals surface area contributed by atoms with Crippen LogP contribution in [0.4, 0.5) is 5.69 Å². The van der Waals surface area contributed by atoms with Gasteiger partial charge in [-0.05, 0) is 12.6 Å². The Labute approximate surface area is 92.2 Å². The van der Waals surface area contributed by atoms with Gasteiger partial charge in [0, 0.05) is 18.6 Å². The molecule has 16 heavy (non-hydrogen) atoms. The van der Waals surface area contributed by atoms with Crippen molar-refractivity contribution in [1.29, 1.82) is 0 Å². The summed E-state index contributed by atoms with van der Waals surface area (Å²) in [7, 11) is 1.40. The maximum Gasteiger partial charge on any atom is 0.270 e. The second-order valence-electron chi connectivity index (χ2n) is 3.10. The minimum absolute atomic E-state index is 0.136. The molecule has 1 rings (SSSR count). The number of ketones is 1. The SMILES string of the molecule is COc1ccc([N+](=O)[O-])cc1C(=O)CCN. The molecular formula is C10H12N2O4. The first-order valence-electron chi connectivity index (χ1n) is 4.66. The smallest absolute Gasteiger partial charge is 0.270 e. The van der Waals surface area contributed by atoms with Gasteiger partial charge >= 0.3 is 0 Å². The summed E-state index contributed by atoms with van der Waals surface area (Å²) < 4.78 is 4.96. The number of hydrogen-bond acceptors (Lipinski definition) is 5. The molecule has 0 saturated carbocycles. The van der Waals surface area contributed by atoms with E-state index in [4.69, 9.17) is 10.5 Å². The van der Waals surface area contributed by atoms with Crippen LogP contribution in [0.15, 0.2) is 18.2 Å². The first-order chi connectivity index (χ1) is 7.60. The fraction of sp³-hybridized carbons (Fsp3) is 0.300. The maximum absolute atomic E-state index is 11.6. The second-order valence-corrected chi connectivity index (χ2v) is 3.10. The number of Topliss-reactive ketones (excluding diaryl/α,β-unsaturated/α-hetero) is 1. The molecule has 0 fully saturated rings. The number of nitrogens with zero attached hydrogens (tertiary/aromatic N) is 1. The van der Waals surface area contributed by atoms with Crippen LogP contribution in [0.2, 0.25) is 0 Å². The Morgan fingerprint density at radius 3 is 2.75 bits per heavy atom. The van der Waals surface area contributed by atoms with Crippen LogP contribution >= 0.6 is 0 Å². The van der Waals surface area contributed by atoms with Gasteiger partial charge in [0.05, 0.1) is 17.6 Å². The van der Waals surface area contributed by atoms with Gasteiger partial charge in [-0.3, -0.25) is 14.9 Å². The minimum atomic E-state index is -0.557. The summed E-state index contributed by atoms with van der Waals surface area (Å²) in [6.07, 6.45) is 0.136. The summed E-state index contributed by atoms with van der Waals surface area (Å²) in [4.78, 5) is 21.6. The lowest BCUT2D eigenvalue weighted by Gasteiger charge is -2.06. The Hall–Kier alpha value is -1.95. The van der Waals surface area contributed by atoms with E-state index in [2.05, 4.69) is 0 Å². The van der Waals surface area contributed by atoms with Crippen LogP contribution in [0.25, 0.3) is 0 Å². The molecule has 0 unspecified atom stereocenters. The molecule has 6 nitrogen and oxygen atoms in total. The Morgan fingerprint density at radius 1 is 1.56 bits per heavy atom. The molecule has 86 valence electrons. The van der Waals surface area contributed by atoms with Gasteiger partial charge in [0.25, 0.3) is 5.69 Å². The molecule has 0 spiro atoms. The van der Waals surface area contributed by atoms with E-state index in [1.165, 1.54) is 25.3 Å². The van der Waals surface area contributed by atoms with E-state index < -0.39 is 4.92 Å². The van der Waals surface area contributed by atoms with Gasteiger partial charge in [0.1, 0.15) is 5.75 Å². The van der Waals surface area contributed by atoms with E-state index in [0.717, 1.165) is 0 Å². The van der Waals surface area contributed by atoms with Crippen molar-refractivity contribution in [3.8, 4) is 5.75 Å². The van der Waals surface area contributed by atoms with E-state index in [-0.39, 0.29) is 30.0 Å². The van der Waals surface area contributed by atoms with Crippen LogP contribution in [0.3, 0.4) is 0 Å². The first-order valence-corrected chi connectivity index (χ1v) is 4.66. The summed E-state index contributed by atoms with van der Waals surface area (Å²) >= 11 is 0. The van der Waals surface area contributed by atoms with Crippen LogP contribution in [0, 0.1) is 10.1 Å². The summed E-state index contributed by atoms with van der Waals surface area (Å²) in [6, 6.07) is 3.90. The zero-order chi connectivity index (χ0) is 12.1. The zero-order valence-corrected chi connectivity index (χ0v) is 8.80. The van der Waals surface area contributed by atoms with Gasteiger partial charge in [-0.25, -0.2) is 0 Å². The molecule has 0 atom stereocenters. The molecule has 0 heterocycles. The highest BCUT2D eigenvalue weighted by molar-refractivity contribution is 5.99. The van der Waals surface area contributed by atoms with Crippen molar-refractivity contribution in [1.82, 2.24) is 0 Å². The van der Waals surface area contributed by atoms with Crippen molar-refractivity contribution in [2.24, 2.45) is 5.73 Å². The van der Waals surface area contributed by atoms with E-state index in [1.807, 2.05) is 0 Å². The predicted molar refractivity (Wildman–Crippen MR) is 57.7 cm³/mol. The van der Waals surface area contributed by atoms with E-state index >= 15 is 0 Å². The van der Waals surface area contributed by atoms with Gasteiger partial charge in [0.15, 0.2) is 5.78 Å². The predicted octanol–water partition coefficient (Wildman–Crippen LogP) is 1.13. The standard InChI is InChI=1S/C10H12N2O4/c1-16-10-3-2-7(12(14)15)6-8(10)9(13)4-5-11/h2-3,6H,4-5,11H2,1H3. The fourth-order valence-corrected chi connectivity index (χ4v) is 1.29. The van der Waals surface area contributed by atoms with Crippen LogP contribution in [-0.4, -0.2) is 24.4 Å². The summed E-state index contributed by atoms with van der Waals surface area (Å²) in [5.74, 6) is 0.0621. The summed E-state index contributed by atoms with van der Waals surface area (Å²) in [5, 5.41) is 10.6. The highest BCUT2D eigenvalue weighted by Gasteiger charge is 2.16. The van der Waals surface area contributed by atoms with Crippen molar-refractivity contribution in [3.63, 3.8) is 0 Å². The quantitative estimate of drug-likeness (QED) is 0.459. The van der Waals surface area contributed by atoms with Crippen LogP contribution in [-0.2, 0) is 0 Å². The second kappa shape index (κ2) is 5.22. The largest absolute Gasteiger partial charge is 0.496 e. The Morgan fingerprint density at radius 2 is 2.25 bits per heavy atom. The van der Waals surface area contributed by atoms with Crippen LogP contribution in [0.5, 0.6) is 5.75 Å². The Kier molecular flexibility index (Phi) is 3.96. The summed E-state index contributed by atoms with van der Waals surface area (Å²) in [6.45, 7) is 0.199. The lowest BCUT2D eigenvalue weighted by Crippen LogP contribution is -2.09. The molecule has 0 aromatic heterocycles. The molecule has 0 aliphatic carbocycles. The minimum Gasteiger partial charge on any atom is -0.496 e. The lowest BCUT2D eigenvalue weighted by atomic mass is 10.1. The molecule has 1 aromatic rings. The molecule has 0 aliphatic heterocycles. The van der Waals surface area contributed by atoms with Gasteiger partial charge < -0.3 is 10.5 Å². The van der Waals surface area contributed by atoms with Crippen LogP contribution < -0.4 is 10.5 Å². The number of rotatable bonds is 5. The van der Waals surface area contributed by atoms with Gasteiger partial charge in [-0.1, -0.05) is 0 Å². The molecule has 0 aliphatic rings. The third kappa shape index (κ3) is 2.54. The number of carbonyl (C=O) groups is 1. The summed E-state index contributed by atoms with van der Waals surface area (Å²) in [5.41, 5.74) is 5.32. The highest BCUT2D eigenvalue weighted by atomic mass is 16.6. The topological polar surface area (TPSA) is 95.5 Å². The number of carbonyl (C=O) groups excluding carboxylic acids is 1. The Balaban J connectivity index is 3.16. The number of nitrogens with two attached hydrogens (primary N) is 1. The van der Waals surface area contributed by atoms with Crippen molar-refractivity contribution in [2.75, 3.05) is 13.7 Å². The molecule has 1 aromatic carbocycles. The average Bonchev–Trinajstić information content (AvgIpc) is 2.28. The third-order valence-electron chi connectivity index (χ3n) is 2.07. The number of benzene rings is 1. The van der Waals surface area contributed by atoms with E-state index in [9.17, 15) is 14.9 Å². The van der Waals surface area contributed by atoms with Crippen LogP contribution in [0.1, 0.15) is 16.8 Å². The van der Waals surface area contributed by atoms with Gasteiger partial charge in [-0.15, -0.1) is 0 Å². The zero-order valence-electron chi connectivity index (χ0n) is 8.80. The molecule has 0 amide bonds. The van der Waals surface area contributed by atoms with Crippen molar-refractivity contribution < 1.29 is 14.5 Å². The highest BCUT2D eigenvalue weighted by Crippen LogP contribution is 2.24. The van der Waals surface area contributed by atoms with Gasteiger partial charge in [-0.2, -0.15) is 0 Å². The molecule has 0 saturated heterocycles. The third-order valence-corrected chi connectivity index (χ3v) is 2.07. The molecule has 0 radical (unpaired) electrons. The van der Waals surface area contributed by atoms with E-state index in [1.54, 1.807) is 0 Å². The van der Waals surface area contributed by atoms with Crippen molar-refractivity contribution in [2.45, 2.75) is 6.42 Å². The number of nitro benzene ring substituents is 1.